The Hall–Kier alpha value is -1.42. The largest absolute Gasteiger partial charge is 0.393 e. The van der Waals surface area contributed by atoms with Crippen molar-refractivity contribution in [1.29, 1.82) is 0 Å². The second-order valence-corrected chi connectivity index (χ2v) is 4.93. The van der Waals surface area contributed by atoms with E-state index in [1.807, 2.05) is 0 Å². The number of rotatable bonds is 5. The van der Waals surface area contributed by atoms with Crippen molar-refractivity contribution < 1.29 is 14.3 Å². The van der Waals surface area contributed by atoms with Gasteiger partial charge < -0.3 is 10.4 Å². The number of hydrogen-bond acceptors (Lipinski definition) is 2. The Morgan fingerprint density at radius 3 is 2.78 bits per heavy atom. The number of hydrogen-bond donors (Lipinski definition) is 2. The second kappa shape index (κ2) is 5.48. The third-order valence-corrected chi connectivity index (χ3v) is 3.29. The Morgan fingerprint density at radius 1 is 1.50 bits per heavy atom. The molecule has 2 N–H and O–H groups in total. The highest BCUT2D eigenvalue weighted by Crippen LogP contribution is 2.47. The van der Waals surface area contributed by atoms with Crippen LogP contribution in [0.3, 0.4) is 0 Å². The number of carbonyl (C=O) groups is 1. The standard InChI is InChI=1S/C14H18FNO2/c1-9(17)6-7-16-14(18)13-8-12(13)10-2-4-11(15)5-3-10/h2-5,9,12-13,17H,6-8H2,1H3,(H,16,18). The van der Waals surface area contributed by atoms with Crippen molar-refractivity contribution in [3.8, 4) is 0 Å². The van der Waals surface area contributed by atoms with Crippen LogP contribution in [0.5, 0.6) is 0 Å². The van der Waals surface area contributed by atoms with Gasteiger partial charge in [0.25, 0.3) is 0 Å². The van der Waals surface area contributed by atoms with Gasteiger partial charge in [-0.1, -0.05) is 12.1 Å². The summed E-state index contributed by atoms with van der Waals surface area (Å²) in [5, 5.41) is 11.9. The predicted molar refractivity (Wildman–Crippen MR) is 66.6 cm³/mol. The van der Waals surface area contributed by atoms with Gasteiger partial charge in [-0.25, -0.2) is 4.39 Å². The van der Waals surface area contributed by atoms with E-state index < -0.39 is 6.10 Å². The fourth-order valence-corrected chi connectivity index (χ4v) is 2.10. The molecule has 0 spiro atoms. The molecule has 0 bridgehead atoms. The molecule has 0 aromatic heterocycles. The lowest BCUT2D eigenvalue weighted by atomic mass is 10.1. The zero-order valence-corrected chi connectivity index (χ0v) is 10.4. The van der Waals surface area contributed by atoms with Crippen molar-refractivity contribution in [2.45, 2.75) is 31.8 Å². The molecule has 18 heavy (non-hydrogen) atoms. The van der Waals surface area contributed by atoms with E-state index in [0.717, 1.165) is 12.0 Å². The molecule has 3 nitrogen and oxygen atoms in total. The molecule has 1 aromatic rings. The lowest BCUT2D eigenvalue weighted by Gasteiger charge is -2.06. The third kappa shape index (κ3) is 3.29. The molecule has 1 amide bonds. The molecule has 4 heteroatoms. The maximum atomic E-state index is 12.8. The van der Waals surface area contributed by atoms with Gasteiger partial charge in [0.2, 0.25) is 5.91 Å². The summed E-state index contributed by atoms with van der Waals surface area (Å²) in [4.78, 5) is 11.8. The molecule has 0 heterocycles. The number of halogens is 1. The van der Waals surface area contributed by atoms with Gasteiger partial charge in [-0.2, -0.15) is 0 Å². The quantitative estimate of drug-likeness (QED) is 0.838. The van der Waals surface area contributed by atoms with Gasteiger partial charge >= 0.3 is 0 Å². The van der Waals surface area contributed by atoms with Crippen molar-refractivity contribution in [2.24, 2.45) is 5.92 Å². The van der Waals surface area contributed by atoms with Crippen LogP contribution in [0, 0.1) is 11.7 Å². The van der Waals surface area contributed by atoms with Crippen LogP contribution in [0.4, 0.5) is 4.39 Å². The van der Waals surface area contributed by atoms with E-state index in [1.165, 1.54) is 12.1 Å². The first-order chi connectivity index (χ1) is 8.58. The van der Waals surface area contributed by atoms with Gasteiger partial charge in [-0.05, 0) is 43.4 Å². The number of benzene rings is 1. The number of carbonyl (C=O) groups excluding carboxylic acids is 1. The zero-order valence-electron chi connectivity index (χ0n) is 10.4. The average molecular weight is 251 g/mol. The predicted octanol–water partition coefficient (Wildman–Crippen LogP) is 1.82. The maximum Gasteiger partial charge on any atom is 0.223 e. The highest BCUT2D eigenvalue weighted by Gasteiger charge is 2.43. The van der Waals surface area contributed by atoms with Crippen molar-refractivity contribution in [1.82, 2.24) is 5.32 Å². The van der Waals surface area contributed by atoms with Crippen LogP contribution in [0.15, 0.2) is 24.3 Å². The molecular weight excluding hydrogens is 233 g/mol. The van der Waals surface area contributed by atoms with E-state index in [4.69, 9.17) is 5.11 Å². The summed E-state index contributed by atoms with van der Waals surface area (Å²) in [7, 11) is 0. The molecule has 1 fully saturated rings. The fourth-order valence-electron chi connectivity index (χ4n) is 2.10. The van der Waals surface area contributed by atoms with Crippen molar-refractivity contribution >= 4 is 5.91 Å². The van der Waals surface area contributed by atoms with E-state index in [1.54, 1.807) is 19.1 Å². The molecule has 1 aliphatic carbocycles. The topological polar surface area (TPSA) is 49.3 Å². The van der Waals surface area contributed by atoms with Crippen LogP contribution in [0.25, 0.3) is 0 Å². The van der Waals surface area contributed by atoms with Crippen molar-refractivity contribution in [3.63, 3.8) is 0 Å². The first-order valence-electron chi connectivity index (χ1n) is 6.29. The zero-order chi connectivity index (χ0) is 13.1. The van der Waals surface area contributed by atoms with E-state index in [0.29, 0.717) is 13.0 Å². The molecular formula is C14H18FNO2. The van der Waals surface area contributed by atoms with Crippen LogP contribution in [0.2, 0.25) is 0 Å². The molecule has 1 aliphatic rings. The van der Waals surface area contributed by atoms with Crippen molar-refractivity contribution in [2.75, 3.05) is 6.54 Å². The molecule has 0 radical (unpaired) electrons. The van der Waals surface area contributed by atoms with Gasteiger partial charge in [0.05, 0.1) is 6.10 Å². The summed E-state index contributed by atoms with van der Waals surface area (Å²) in [6.45, 7) is 2.20. The number of nitrogens with one attached hydrogen (secondary N) is 1. The highest BCUT2D eigenvalue weighted by molar-refractivity contribution is 5.82. The molecule has 3 atom stereocenters. The van der Waals surface area contributed by atoms with E-state index in [-0.39, 0.29) is 23.6 Å². The summed E-state index contributed by atoms with van der Waals surface area (Å²) in [5.74, 6) is 0.00363. The van der Waals surface area contributed by atoms with Crippen LogP contribution >= 0.6 is 0 Å². The molecule has 1 saturated carbocycles. The minimum absolute atomic E-state index is 0.00413. The summed E-state index contributed by atoms with van der Waals surface area (Å²) in [6.07, 6.45) is 1.00. The number of aliphatic hydroxyl groups is 1. The second-order valence-electron chi connectivity index (χ2n) is 4.93. The minimum Gasteiger partial charge on any atom is -0.393 e. The molecule has 2 rings (SSSR count). The molecule has 0 aliphatic heterocycles. The Labute approximate surface area is 106 Å². The minimum atomic E-state index is -0.391. The van der Waals surface area contributed by atoms with E-state index >= 15 is 0 Å². The number of amides is 1. The third-order valence-electron chi connectivity index (χ3n) is 3.29. The molecule has 1 aromatic carbocycles. The molecule has 0 saturated heterocycles. The van der Waals surface area contributed by atoms with Gasteiger partial charge in [0.15, 0.2) is 0 Å². The maximum absolute atomic E-state index is 12.8. The van der Waals surface area contributed by atoms with E-state index in [2.05, 4.69) is 5.32 Å². The van der Waals surface area contributed by atoms with Crippen LogP contribution in [0.1, 0.15) is 31.2 Å². The summed E-state index contributed by atoms with van der Waals surface area (Å²) in [6, 6.07) is 6.33. The first-order valence-corrected chi connectivity index (χ1v) is 6.29. The summed E-state index contributed by atoms with van der Waals surface area (Å²) < 4.78 is 12.8. The van der Waals surface area contributed by atoms with Gasteiger partial charge in [-0.3, -0.25) is 4.79 Å². The normalized spacial score (nSPS) is 23.5. The Balaban J connectivity index is 1.80. The molecule has 98 valence electrons. The summed E-state index contributed by atoms with van der Waals surface area (Å²) in [5.41, 5.74) is 1.02. The fraction of sp³-hybridized carbons (Fsp3) is 0.500. The molecule has 3 unspecified atom stereocenters. The SMILES string of the molecule is CC(O)CCNC(=O)C1CC1c1ccc(F)cc1. The van der Waals surface area contributed by atoms with Gasteiger partial charge in [-0.15, -0.1) is 0 Å². The Bertz CT molecular complexity index is 416. The smallest absolute Gasteiger partial charge is 0.223 e. The lowest BCUT2D eigenvalue weighted by molar-refractivity contribution is -0.122. The Morgan fingerprint density at radius 2 is 2.17 bits per heavy atom. The van der Waals surface area contributed by atoms with E-state index in [9.17, 15) is 9.18 Å². The monoisotopic (exact) mass is 251 g/mol. The first kappa shape index (κ1) is 13.0. The van der Waals surface area contributed by atoms with Gasteiger partial charge in [0.1, 0.15) is 5.82 Å². The number of aliphatic hydroxyl groups excluding tert-OH is 1. The summed E-state index contributed by atoms with van der Waals surface area (Å²) >= 11 is 0. The van der Waals surface area contributed by atoms with Crippen LogP contribution in [-0.4, -0.2) is 23.7 Å². The highest BCUT2D eigenvalue weighted by atomic mass is 19.1. The average Bonchev–Trinajstić information content (AvgIpc) is 3.09. The van der Waals surface area contributed by atoms with Crippen LogP contribution in [-0.2, 0) is 4.79 Å². The Kier molecular flexibility index (Phi) is 3.97. The van der Waals surface area contributed by atoms with Gasteiger partial charge in [0, 0.05) is 12.5 Å². The lowest BCUT2D eigenvalue weighted by Crippen LogP contribution is -2.28. The van der Waals surface area contributed by atoms with Crippen molar-refractivity contribution in [3.05, 3.63) is 35.6 Å². The van der Waals surface area contributed by atoms with Crippen LogP contribution < -0.4 is 5.32 Å².